The highest BCUT2D eigenvalue weighted by Crippen LogP contribution is 2.36. The molecular weight excluding hydrogens is 398 g/mol. The summed E-state index contributed by atoms with van der Waals surface area (Å²) in [6, 6.07) is 0. The standard InChI is InChI=1S/C22H46.C6H15NO3/c1-5-9-10-11-12-13-14-15-16-17-18-19-20-21-22(6-2,7-3)8-4;8-4-1-7(2-5-9)3-6-10/h5-21H2,1-4H3;8-10H,1-6H2. The van der Waals surface area contributed by atoms with Crippen LogP contribution in [0.2, 0.25) is 0 Å². The van der Waals surface area contributed by atoms with Gasteiger partial charge in [-0.3, -0.25) is 4.90 Å². The second-order valence-electron chi connectivity index (χ2n) is 9.57. The fourth-order valence-corrected chi connectivity index (χ4v) is 4.56. The lowest BCUT2D eigenvalue weighted by Gasteiger charge is -2.30. The van der Waals surface area contributed by atoms with E-state index in [1.165, 1.54) is 109 Å². The van der Waals surface area contributed by atoms with Gasteiger partial charge in [-0.25, -0.2) is 0 Å². The molecule has 0 aliphatic carbocycles. The van der Waals surface area contributed by atoms with Crippen molar-refractivity contribution in [3.05, 3.63) is 0 Å². The highest BCUT2D eigenvalue weighted by atomic mass is 16.3. The molecule has 32 heavy (non-hydrogen) atoms. The third-order valence-electron chi connectivity index (χ3n) is 7.31. The maximum absolute atomic E-state index is 8.48. The third kappa shape index (κ3) is 21.7. The molecule has 0 fully saturated rings. The van der Waals surface area contributed by atoms with Crippen LogP contribution in [0.1, 0.15) is 137 Å². The van der Waals surface area contributed by atoms with E-state index in [1.807, 2.05) is 0 Å². The van der Waals surface area contributed by atoms with Crippen molar-refractivity contribution in [1.82, 2.24) is 4.90 Å². The Morgan fingerprint density at radius 3 is 1.06 bits per heavy atom. The van der Waals surface area contributed by atoms with Gasteiger partial charge in [-0.05, 0) is 11.8 Å². The Kier molecular flexibility index (Phi) is 28.8. The van der Waals surface area contributed by atoms with Crippen LogP contribution in [0, 0.1) is 5.41 Å². The van der Waals surface area contributed by atoms with Crippen molar-refractivity contribution < 1.29 is 15.3 Å². The van der Waals surface area contributed by atoms with Gasteiger partial charge in [0.05, 0.1) is 19.8 Å². The highest BCUT2D eigenvalue weighted by Gasteiger charge is 2.22. The molecule has 4 heteroatoms. The Morgan fingerprint density at radius 2 is 0.781 bits per heavy atom. The Balaban J connectivity index is 0. The van der Waals surface area contributed by atoms with E-state index in [1.54, 1.807) is 4.90 Å². The molecule has 0 atom stereocenters. The fraction of sp³-hybridized carbons (Fsp3) is 1.00. The predicted molar refractivity (Wildman–Crippen MR) is 141 cm³/mol. The van der Waals surface area contributed by atoms with Gasteiger partial charge in [0.2, 0.25) is 0 Å². The van der Waals surface area contributed by atoms with E-state index in [-0.39, 0.29) is 19.8 Å². The van der Waals surface area contributed by atoms with Gasteiger partial charge in [-0.1, -0.05) is 130 Å². The molecule has 3 N–H and O–H groups in total. The van der Waals surface area contributed by atoms with Crippen molar-refractivity contribution in [2.45, 2.75) is 137 Å². The molecule has 0 heterocycles. The van der Waals surface area contributed by atoms with E-state index < -0.39 is 0 Å². The number of nitrogens with zero attached hydrogens (tertiary/aromatic N) is 1. The summed E-state index contributed by atoms with van der Waals surface area (Å²) in [5, 5.41) is 25.5. The molecule has 0 radical (unpaired) electrons. The molecule has 196 valence electrons. The first-order valence-electron chi connectivity index (χ1n) is 14.1. The zero-order chi connectivity index (χ0) is 24.3. The summed E-state index contributed by atoms with van der Waals surface area (Å²) in [5.74, 6) is 0. The first-order chi connectivity index (χ1) is 15.6. The molecule has 0 aromatic rings. The van der Waals surface area contributed by atoms with E-state index in [0.717, 1.165) is 0 Å². The molecule has 4 nitrogen and oxygen atoms in total. The maximum atomic E-state index is 8.48. The molecule has 0 unspecified atom stereocenters. The summed E-state index contributed by atoms with van der Waals surface area (Å²) >= 11 is 0. The number of aliphatic hydroxyl groups is 3. The number of hydrogen-bond donors (Lipinski definition) is 3. The Bertz CT molecular complexity index is 312. The van der Waals surface area contributed by atoms with Crippen molar-refractivity contribution in [3.63, 3.8) is 0 Å². The number of hydrogen-bond acceptors (Lipinski definition) is 4. The molecule has 0 spiro atoms. The molecule has 0 saturated carbocycles. The summed E-state index contributed by atoms with van der Waals surface area (Å²) in [6.45, 7) is 11.2. The maximum Gasteiger partial charge on any atom is 0.0558 e. The molecule has 0 aliphatic heterocycles. The zero-order valence-corrected chi connectivity index (χ0v) is 22.6. The summed E-state index contributed by atoms with van der Waals surface area (Å²) in [4.78, 5) is 1.79. The topological polar surface area (TPSA) is 63.9 Å². The largest absolute Gasteiger partial charge is 0.395 e. The van der Waals surface area contributed by atoms with Crippen molar-refractivity contribution in [2.24, 2.45) is 5.41 Å². The first kappa shape index (κ1) is 34.0. The van der Waals surface area contributed by atoms with Crippen LogP contribution in [0.25, 0.3) is 0 Å². The van der Waals surface area contributed by atoms with Gasteiger partial charge in [-0.15, -0.1) is 0 Å². The van der Waals surface area contributed by atoms with Crippen LogP contribution in [0.4, 0.5) is 0 Å². The monoisotopic (exact) mass is 459 g/mol. The average molecular weight is 460 g/mol. The Morgan fingerprint density at radius 1 is 0.469 bits per heavy atom. The summed E-state index contributed by atoms with van der Waals surface area (Å²) in [5.41, 5.74) is 0.664. The normalized spacial score (nSPS) is 11.6. The second-order valence-corrected chi connectivity index (χ2v) is 9.57. The number of aliphatic hydroxyl groups excluding tert-OH is 3. The van der Waals surface area contributed by atoms with Crippen LogP contribution in [0.5, 0.6) is 0 Å². The minimum absolute atomic E-state index is 0.0694. The van der Waals surface area contributed by atoms with Gasteiger partial charge in [-0.2, -0.15) is 0 Å². The van der Waals surface area contributed by atoms with E-state index in [0.29, 0.717) is 25.0 Å². The average Bonchev–Trinajstić information content (AvgIpc) is 2.81. The molecular formula is C28H61NO3. The molecule has 0 aromatic carbocycles. The van der Waals surface area contributed by atoms with Gasteiger partial charge in [0.25, 0.3) is 0 Å². The molecule has 0 aliphatic rings. The van der Waals surface area contributed by atoms with Gasteiger partial charge >= 0.3 is 0 Å². The van der Waals surface area contributed by atoms with Crippen molar-refractivity contribution >= 4 is 0 Å². The van der Waals surface area contributed by atoms with Gasteiger partial charge < -0.3 is 15.3 Å². The lowest BCUT2D eigenvalue weighted by Crippen LogP contribution is -2.32. The predicted octanol–water partition coefficient (Wildman–Crippen LogP) is 6.95. The summed E-state index contributed by atoms with van der Waals surface area (Å²) in [7, 11) is 0. The van der Waals surface area contributed by atoms with Crippen LogP contribution in [0.15, 0.2) is 0 Å². The van der Waals surface area contributed by atoms with E-state index >= 15 is 0 Å². The molecule has 0 amide bonds. The lowest BCUT2D eigenvalue weighted by molar-refractivity contribution is 0.136. The first-order valence-corrected chi connectivity index (χ1v) is 14.1. The second kappa shape index (κ2) is 27.1. The zero-order valence-electron chi connectivity index (χ0n) is 22.6. The summed E-state index contributed by atoms with van der Waals surface area (Å²) < 4.78 is 0. The van der Waals surface area contributed by atoms with Crippen LogP contribution >= 0.6 is 0 Å². The minimum Gasteiger partial charge on any atom is -0.395 e. The SMILES string of the molecule is CCCCCCCCCCCCCCCC(CC)(CC)CC.OCCN(CCO)CCO. The number of unbranched alkanes of at least 4 members (excludes halogenated alkanes) is 12. The molecule has 0 rings (SSSR count). The van der Waals surface area contributed by atoms with Crippen LogP contribution < -0.4 is 0 Å². The number of rotatable bonds is 23. The third-order valence-corrected chi connectivity index (χ3v) is 7.31. The van der Waals surface area contributed by atoms with E-state index in [2.05, 4.69) is 27.7 Å². The van der Waals surface area contributed by atoms with Crippen molar-refractivity contribution in [3.8, 4) is 0 Å². The fourth-order valence-electron chi connectivity index (χ4n) is 4.56. The van der Waals surface area contributed by atoms with Gasteiger partial charge in [0.1, 0.15) is 0 Å². The quantitative estimate of drug-likeness (QED) is 0.145. The molecule has 0 bridgehead atoms. The van der Waals surface area contributed by atoms with Crippen molar-refractivity contribution in [1.29, 1.82) is 0 Å². The Labute approximate surface area is 202 Å². The lowest BCUT2D eigenvalue weighted by atomic mass is 9.75. The summed E-state index contributed by atoms with van der Waals surface area (Å²) in [6.07, 6.45) is 24.6. The smallest absolute Gasteiger partial charge is 0.0558 e. The van der Waals surface area contributed by atoms with E-state index in [4.69, 9.17) is 15.3 Å². The van der Waals surface area contributed by atoms with E-state index in [9.17, 15) is 0 Å². The molecule has 0 aromatic heterocycles. The molecule has 0 saturated heterocycles. The Hall–Kier alpha value is -0.160. The van der Waals surface area contributed by atoms with Gasteiger partial charge in [0, 0.05) is 19.6 Å². The van der Waals surface area contributed by atoms with Crippen LogP contribution in [0.3, 0.4) is 0 Å². The van der Waals surface area contributed by atoms with Crippen LogP contribution in [-0.2, 0) is 0 Å². The van der Waals surface area contributed by atoms with Gasteiger partial charge in [0.15, 0.2) is 0 Å². The van der Waals surface area contributed by atoms with Crippen molar-refractivity contribution in [2.75, 3.05) is 39.5 Å². The highest BCUT2D eigenvalue weighted by molar-refractivity contribution is 4.74. The minimum atomic E-state index is 0.0694. The van der Waals surface area contributed by atoms with Crippen LogP contribution in [-0.4, -0.2) is 59.7 Å².